The lowest BCUT2D eigenvalue weighted by atomic mass is 10.1. The number of benzene rings is 2. The first-order chi connectivity index (χ1) is 14.7. The second-order valence-electron chi connectivity index (χ2n) is 7.92. The number of amides is 1. The van der Waals surface area contributed by atoms with Gasteiger partial charge in [0.05, 0.1) is 24.1 Å². The van der Waals surface area contributed by atoms with Crippen molar-refractivity contribution in [1.82, 2.24) is 20.0 Å². The van der Waals surface area contributed by atoms with Crippen molar-refractivity contribution in [2.45, 2.75) is 19.4 Å². The molecule has 0 saturated carbocycles. The molecule has 5 rings (SSSR count). The standard InChI is InChI=1S/C23H24N4O3/c28-22(14-20-18-3-1-2-4-19(18)23(29)25-24-20)27-10-8-26(9-11-27)15-16-5-6-21-17(13-16)7-12-30-21/h1-6,13H,7-12,14-15H2,(H,25,29). The molecule has 1 N–H and O–H groups in total. The van der Waals surface area contributed by atoms with Crippen LogP contribution in [0.1, 0.15) is 16.8 Å². The summed E-state index contributed by atoms with van der Waals surface area (Å²) in [7, 11) is 0. The van der Waals surface area contributed by atoms with Crippen LogP contribution >= 0.6 is 0 Å². The third-order valence-electron chi connectivity index (χ3n) is 5.98. The number of carbonyl (C=O) groups excluding carboxylic acids is 1. The molecule has 2 aliphatic heterocycles. The molecule has 1 aromatic heterocycles. The summed E-state index contributed by atoms with van der Waals surface area (Å²) in [5.74, 6) is 1.06. The van der Waals surface area contributed by atoms with Crippen molar-refractivity contribution < 1.29 is 9.53 Å². The second-order valence-corrected chi connectivity index (χ2v) is 7.92. The van der Waals surface area contributed by atoms with Crippen LogP contribution in [0.4, 0.5) is 0 Å². The van der Waals surface area contributed by atoms with Crippen LogP contribution in [0.25, 0.3) is 10.8 Å². The van der Waals surface area contributed by atoms with Crippen molar-refractivity contribution in [1.29, 1.82) is 0 Å². The number of ether oxygens (including phenoxy) is 1. The summed E-state index contributed by atoms with van der Waals surface area (Å²) in [6, 6.07) is 13.7. The first-order valence-corrected chi connectivity index (χ1v) is 10.4. The molecule has 3 heterocycles. The van der Waals surface area contributed by atoms with E-state index in [1.165, 1.54) is 11.1 Å². The average molecular weight is 404 g/mol. The molecule has 1 saturated heterocycles. The number of carbonyl (C=O) groups is 1. The summed E-state index contributed by atoms with van der Waals surface area (Å²) < 4.78 is 5.58. The molecule has 154 valence electrons. The van der Waals surface area contributed by atoms with E-state index in [-0.39, 0.29) is 17.9 Å². The average Bonchev–Trinajstić information content (AvgIpc) is 3.24. The number of fused-ring (bicyclic) bond motifs is 2. The zero-order chi connectivity index (χ0) is 20.5. The van der Waals surface area contributed by atoms with Gasteiger partial charge in [0.25, 0.3) is 5.56 Å². The van der Waals surface area contributed by atoms with Gasteiger partial charge in [-0.2, -0.15) is 5.10 Å². The van der Waals surface area contributed by atoms with Crippen molar-refractivity contribution in [3.05, 3.63) is 69.6 Å². The first-order valence-electron chi connectivity index (χ1n) is 10.4. The summed E-state index contributed by atoms with van der Waals surface area (Å²) in [5, 5.41) is 7.96. The van der Waals surface area contributed by atoms with E-state index >= 15 is 0 Å². The fourth-order valence-corrected chi connectivity index (χ4v) is 4.31. The Morgan fingerprint density at radius 2 is 1.87 bits per heavy atom. The molecular weight excluding hydrogens is 380 g/mol. The topological polar surface area (TPSA) is 78.5 Å². The molecule has 1 amide bonds. The summed E-state index contributed by atoms with van der Waals surface area (Å²) in [6.07, 6.45) is 1.18. The molecule has 2 aliphatic rings. The first kappa shape index (κ1) is 18.8. The van der Waals surface area contributed by atoms with Crippen molar-refractivity contribution in [3.8, 4) is 5.75 Å². The normalized spacial score (nSPS) is 16.5. The molecule has 0 spiro atoms. The van der Waals surface area contributed by atoms with Gasteiger partial charge in [0.1, 0.15) is 5.75 Å². The smallest absolute Gasteiger partial charge is 0.272 e. The monoisotopic (exact) mass is 404 g/mol. The fourth-order valence-electron chi connectivity index (χ4n) is 4.31. The van der Waals surface area contributed by atoms with E-state index in [4.69, 9.17) is 4.74 Å². The number of aromatic amines is 1. The number of hydrogen-bond donors (Lipinski definition) is 1. The van der Waals surface area contributed by atoms with Gasteiger partial charge in [0.15, 0.2) is 0 Å². The van der Waals surface area contributed by atoms with Gasteiger partial charge in [-0.3, -0.25) is 14.5 Å². The summed E-state index contributed by atoms with van der Waals surface area (Å²) in [6.45, 7) is 4.76. The lowest BCUT2D eigenvalue weighted by Gasteiger charge is -2.34. The van der Waals surface area contributed by atoms with Gasteiger partial charge in [-0.15, -0.1) is 0 Å². The Morgan fingerprint density at radius 3 is 2.70 bits per heavy atom. The number of aromatic nitrogens is 2. The minimum Gasteiger partial charge on any atom is -0.493 e. The van der Waals surface area contributed by atoms with E-state index in [2.05, 4.69) is 33.3 Å². The number of H-pyrrole nitrogens is 1. The number of nitrogens with zero attached hydrogens (tertiary/aromatic N) is 3. The van der Waals surface area contributed by atoms with Gasteiger partial charge in [-0.25, -0.2) is 5.10 Å². The van der Waals surface area contributed by atoms with Gasteiger partial charge in [-0.05, 0) is 23.3 Å². The number of piperazine rings is 1. The Morgan fingerprint density at radius 1 is 1.07 bits per heavy atom. The number of hydrogen-bond acceptors (Lipinski definition) is 5. The highest BCUT2D eigenvalue weighted by molar-refractivity contribution is 5.88. The highest BCUT2D eigenvalue weighted by Crippen LogP contribution is 2.26. The van der Waals surface area contributed by atoms with Crippen LogP contribution in [0.3, 0.4) is 0 Å². The van der Waals surface area contributed by atoms with Gasteiger partial charge < -0.3 is 9.64 Å². The highest BCUT2D eigenvalue weighted by Gasteiger charge is 2.23. The van der Waals surface area contributed by atoms with E-state index in [9.17, 15) is 9.59 Å². The Bertz CT molecular complexity index is 1150. The molecule has 1 fully saturated rings. The van der Waals surface area contributed by atoms with Crippen LogP contribution in [0.15, 0.2) is 47.3 Å². The number of rotatable bonds is 4. The fraction of sp³-hybridized carbons (Fsp3) is 0.348. The lowest BCUT2D eigenvalue weighted by Crippen LogP contribution is -2.48. The lowest BCUT2D eigenvalue weighted by molar-refractivity contribution is -0.132. The maximum absolute atomic E-state index is 12.9. The minimum atomic E-state index is -0.228. The Balaban J connectivity index is 1.20. The van der Waals surface area contributed by atoms with E-state index in [1.807, 2.05) is 23.1 Å². The summed E-state index contributed by atoms with van der Waals surface area (Å²) in [4.78, 5) is 29.1. The predicted molar refractivity (Wildman–Crippen MR) is 114 cm³/mol. The highest BCUT2D eigenvalue weighted by atomic mass is 16.5. The molecule has 0 unspecified atom stereocenters. The van der Waals surface area contributed by atoms with Crippen LogP contribution in [0.5, 0.6) is 5.75 Å². The molecule has 0 radical (unpaired) electrons. The number of nitrogens with one attached hydrogen (secondary N) is 1. The Kier molecular flexibility index (Phi) is 4.96. The van der Waals surface area contributed by atoms with E-state index in [0.717, 1.165) is 43.8 Å². The zero-order valence-electron chi connectivity index (χ0n) is 16.8. The van der Waals surface area contributed by atoms with Crippen LogP contribution < -0.4 is 10.3 Å². The van der Waals surface area contributed by atoms with E-state index in [1.54, 1.807) is 6.07 Å². The quantitative estimate of drug-likeness (QED) is 0.717. The zero-order valence-corrected chi connectivity index (χ0v) is 16.8. The maximum Gasteiger partial charge on any atom is 0.272 e. The summed E-state index contributed by atoms with van der Waals surface area (Å²) >= 11 is 0. The minimum absolute atomic E-state index is 0.0500. The van der Waals surface area contributed by atoms with Crippen molar-refractivity contribution >= 4 is 16.7 Å². The van der Waals surface area contributed by atoms with Gasteiger partial charge in [0, 0.05) is 44.5 Å². The van der Waals surface area contributed by atoms with Gasteiger partial charge in [0.2, 0.25) is 5.91 Å². The van der Waals surface area contributed by atoms with E-state index < -0.39 is 0 Å². The molecule has 0 bridgehead atoms. The molecule has 0 aliphatic carbocycles. The molecular formula is C23H24N4O3. The molecule has 0 atom stereocenters. The van der Waals surface area contributed by atoms with Crippen molar-refractivity contribution in [2.24, 2.45) is 0 Å². The molecule has 7 nitrogen and oxygen atoms in total. The van der Waals surface area contributed by atoms with Crippen molar-refractivity contribution in [2.75, 3.05) is 32.8 Å². The van der Waals surface area contributed by atoms with Crippen LogP contribution in [-0.2, 0) is 24.2 Å². The van der Waals surface area contributed by atoms with Gasteiger partial charge >= 0.3 is 0 Å². The van der Waals surface area contributed by atoms with Crippen molar-refractivity contribution in [3.63, 3.8) is 0 Å². The maximum atomic E-state index is 12.9. The molecule has 3 aromatic rings. The van der Waals surface area contributed by atoms with Gasteiger partial charge in [-0.1, -0.05) is 30.3 Å². The van der Waals surface area contributed by atoms with Crippen LogP contribution in [-0.4, -0.2) is 58.7 Å². The second kappa shape index (κ2) is 7.91. The third-order valence-corrected chi connectivity index (χ3v) is 5.98. The SMILES string of the molecule is O=C(Cc1n[nH]c(=O)c2ccccc12)N1CCN(Cc2ccc3c(c2)CCO3)CC1. The van der Waals surface area contributed by atoms with Crippen LogP contribution in [0.2, 0.25) is 0 Å². The van der Waals surface area contributed by atoms with Crippen LogP contribution in [0, 0.1) is 0 Å². The molecule has 7 heteroatoms. The Hall–Kier alpha value is -3.19. The predicted octanol–water partition coefficient (Wildman–Crippen LogP) is 1.74. The summed E-state index contributed by atoms with van der Waals surface area (Å²) in [5.41, 5.74) is 2.98. The van der Waals surface area contributed by atoms with E-state index in [0.29, 0.717) is 24.2 Å². The molecule has 30 heavy (non-hydrogen) atoms. The largest absolute Gasteiger partial charge is 0.493 e. The third kappa shape index (κ3) is 3.68. The molecule has 2 aromatic carbocycles. The Labute approximate surface area is 174 Å².